The summed E-state index contributed by atoms with van der Waals surface area (Å²) in [5, 5.41) is 9.98. The molecule has 1 unspecified atom stereocenters. The molecule has 5 aromatic carbocycles. The second-order valence-corrected chi connectivity index (χ2v) is 21.1. The summed E-state index contributed by atoms with van der Waals surface area (Å²) in [7, 11) is 4.90. The van der Waals surface area contributed by atoms with Crippen LogP contribution in [-0.2, 0) is 20.4 Å². The van der Waals surface area contributed by atoms with E-state index < -0.39 is 5.41 Å². The Labute approximate surface area is 446 Å². The first-order valence-electron chi connectivity index (χ1n) is 24.2. The lowest BCUT2D eigenvalue weighted by Crippen LogP contribution is -3.00. The van der Waals surface area contributed by atoms with E-state index in [0.717, 1.165) is 56.3 Å². The van der Waals surface area contributed by atoms with E-state index >= 15 is 0 Å². The first-order chi connectivity index (χ1) is 33.5. The summed E-state index contributed by atoms with van der Waals surface area (Å²) in [5.41, 5.74) is 8.78. The maximum atomic E-state index is 13.7. The van der Waals surface area contributed by atoms with Gasteiger partial charge in [-0.3, -0.25) is 9.59 Å². The molecule has 2 heterocycles. The molecule has 0 spiro atoms. The normalized spacial score (nSPS) is 18.2. The number of nitrogens with one attached hydrogen (secondary N) is 1. The van der Waals surface area contributed by atoms with Gasteiger partial charge in [-0.1, -0.05) is 56.0 Å². The van der Waals surface area contributed by atoms with Crippen molar-refractivity contribution < 1.29 is 52.4 Å². The van der Waals surface area contributed by atoms with Crippen molar-refractivity contribution in [2.75, 3.05) is 52.4 Å². The summed E-state index contributed by atoms with van der Waals surface area (Å²) in [4.78, 5) is 35.4. The summed E-state index contributed by atoms with van der Waals surface area (Å²) < 4.78 is 19.2. The Bertz CT molecular complexity index is 3120. The zero-order valence-corrected chi connectivity index (χ0v) is 46.6. The monoisotopic (exact) mass is 1100 g/mol. The van der Waals surface area contributed by atoms with Crippen molar-refractivity contribution in [1.29, 1.82) is 0 Å². The predicted molar refractivity (Wildman–Crippen MR) is 291 cm³/mol. The van der Waals surface area contributed by atoms with Gasteiger partial charge < -0.3 is 48.4 Å². The van der Waals surface area contributed by atoms with Gasteiger partial charge in [-0.2, -0.15) is 4.58 Å². The SMILES string of the molecule is CCN1/C(=C/C=C2\CC(C(C)(C)C(=O)OC)CC(/C=C/C3=[N+](CC)c4ccc5cc(OC)ccc5c4C3(C)C)=C2Sc2ccc(C(=O)NCCN=C=S)cc2)C(C)(C)c2c1ccc1cc(OC)ccc21.[I-]. The van der Waals surface area contributed by atoms with E-state index in [1.54, 1.807) is 26.0 Å². The molecular weight excluding hydrogens is 1040 g/mol. The van der Waals surface area contributed by atoms with E-state index in [9.17, 15) is 9.59 Å². The summed E-state index contributed by atoms with van der Waals surface area (Å²) in [6, 6.07) is 29.4. The number of anilines is 1. The van der Waals surface area contributed by atoms with Crippen LogP contribution in [0.5, 0.6) is 11.5 Å². The second-order valence-electron chi connectivity index (χ2n) is 19.8. The highest BCUT2D eigenvalue weighted by atomic mass is 127. The summed E-state index contributed by atoms with van der Waals surface area (Å²) in [6.45, 7) is 20.1. The van der Waals surface area contributed by atoms with Gasteiger partial charge in [0.2, 0.25) is 5.69 Å². The van der Waals surface area contributed by atoms with E-state index in [1.807, 2.05) is 50.2 Å². The van der Waals surface area contributed by atoms with Crippen LogP contribution in [0.25, 0.3) is 21.5 Å². The molecule has 8 rings (SSSR count). The quantitative estimate of drug-likeness (QED) is 0.0277. The van der Waals surface area contributed by atoms with Gasteiger partial charge in [-0.15, -0.1) is 0 Å². The van der Waals surface area contributed by atoms with Crippen LogP contribution in [0, 0.1) is 11.3 Å². The molecule has 9 nitrogen and oxygen atoms in total. The number of esters is 1. The molecular formula is C59H65IN4O5S2. The van der Waals surface area contributed by atoms with E-state index in [1.165, 1.54) is 51.8 Å². The molecule has 0 fully saturated rings. The number of isothiocyanates is 1. The molecule has 1 amide bonds. The van der Waals surface area contributed by atoms with Crippen molar-refractivity contribution in [3.63, 3.8) is 0 Å². The number of carbonyl (C=O) groups excluding carboxylic acids is 2. The van der Waals surface area contributed by atoms with Gasteiger partial charge in [0.05, 0.1) is 43.9 Å². The molecule has 2 aliphatic heterocycles. The third kappa shape index (κ3) is 10.0. The predicted octanol–water partition coefficient (Wildman–Crippen LogP) is 10.1. The average Bonchev–Trinajstić information content (AvgIpc) is 3.73. The third-order valence-corrected chi connectivity index (χ3v) is 16.1. The van der Waals surface area contributed by atoms with E-state index in [2.05, 4.69) is 152 Å². The number of likely N-dealkylation sites (N-methyl/N-ethyl adjacent to an activating group) is 1. The molecule has 71 heavy (non-hydrogen) atoms. The zero-order valence-electron chi connectivity index (χ0n) is 42.8. The molecule has 0 aromatic heterocycles. The Balaban J connectivity index is 0.00000741. The fourth-order valence-corrected chi connectivity index (χ4v) is 12.1. The molecule has 1 N–H and O–H groups in total. The van der Waals surface area contributed by atoms with Crippen LogP contribution in [0.15, 0.2) is 141 Å². The van der Waals surface area contributed by atoms with Gasteiger partial charge in [0.25, 0.3) is 5.91 Å². The molecule has 12 heteroatoms. The summed E-state index contributed by atoms with van der Waals surface area (Å²) >= 11 is 6.39. The smallest absolute Gasteiger partial charge is 0.311 e. The van der Waals surface area contributed by atoms with Crippen molar-refractivity contribution >= 4 is 79.6 Å². The minimum absolute atomic E-state index is 0. The first kappa shape index (κ1) is 53.3. The average molecular weight is 1100 g/mol. The number of halogens is 1. The minimum atomic E-state index is -0.788. The summed E-state index contributed by atoms with van der Waals surface area (Å²) in [5.74, 6) is 1.20. The van der Waals surface area contributed by atoms with Crippen LogP contribution in [-0.4, -0.2) is 74.8 Å². The molecule has 5 aromatic rings. The number of hydrogen-bond donors (Lipinski definition) is 1. The highest BCUT2D eigenvalue weighted by Gasteiger charge is 2.46. The van der Waals surface area contributed by atoms with Crippen LogP contribution in [0.4, 0.5) is 11.4 Å². The fraction of sp³-hybridized carbons (Fsp3) is 0.356. The zero-order chi connectivity index (χ0) is 50.1. The number of ether oxygens (including phenoxy) is 3. The second kappa shape index (κ2) is 21.7. The minimum Gasteiger partial charge on any atom is -1.00 e. The molecule has 3 aliphatic rings. The number of nitrogens with zero attached hydrogens (tertiary/aromatic N) is 3. The molecule has 370 valence electrons. The van der Waals surface area contributed by atoms with Gasteiger partial charge >= 0.3 is 5.97 Å². The van der Waals surface area contributed by atoms with Gasteiger partial charge in [0, 0.05) is 63.0 Å². The topological polar surface area (TPSA) is 92.5 Å². The van der Waals surface area contributed by atoms with E-state index in [4.69, 9.17) is 14.2 Å². The number of hydrogen-bond acceptors (Lipinski definition) is 9. The number of thiocarbonyl (C=S) groups is 1. The van der Waals surface area contributed by atoms with Crippen LogP contribution >= 0.6 is 24.0 Å². The standard InChI is InChI=1S/C59H64N4O5S2.HI/c1-12-62-48-26-16-38-34-43(66-9)20-24-46(38)52(48)58(5,6)50(62)28-18-40-32-42(57(3,4)56(65)68-11)33-41(54(40)70-45-22-14-37(15-23-45)55(64)61-31-30-60-36-69)19-29-51-59(7,8)53-47-25-21-44(67-10)35-39(47)17-27-49(53)63(51)13-2;/h14-29,34-35,42H,12-13,30-33H2,1-11H3;1H. The molecule has 0 saturated heterocycles. The Kier molecular flexibility index (Phi) is 16.3. The maximum absolute atomic E-state index is 13.7. The number of benzene rings is 5. The Morgan fingerprint density at radius 3 is 2.11 bits per heavy atom. The van der Waals surface area contributed by atoms with Gasteiger partial charge in [-0.25, -0.2) is 4.99 Å². The van der Waals surface area contributed by atoms with E-state index in [0.29, 0.717) is 31.5 Å². The number of rotatable bonds is 15. The number of amides is 1. The molecule has 0 radical (unpaired) electrons. The maximum Gasteiger partial charge on any atom is 0.311 e. The van der Waals surface area contributed by atoms with Gasteiger partial charge in [0.15, 0.2) is 5.71 Å². The van der Waals surface area contributed by atoms with Crippen molar-refractivity contribution in [1.82, 2.24) is 5.32 Å². The first-order valence-corrected chi connectivity index (χ1v) is 25.4. The van der Waals surface area contributed by atoms with Crippen LogP contribution < -0.4 is 43.7 Å². The third-order valence-electron chi connectivity index (χ3n) is 14.8. The summed E-state index contributed by atoms with van der Waals surface area (Å²) in [6.07, 6.45) is 10.5. The van der Waals surface area contributed by atoms with Crippen molar-refractivity contribution in [2.24, 2.45) is 16.3 Å². The lowest BCUT2D eigenvalue weighted by molar-refractivity contribution is -0.433. The molecule has 1 atom stereocenters. The lowest BCUT2D eigenvalue weighted by atomic mass is 9.69. The molecule has 1 aliphatic carbocycles. The Hall–Kier alpha value is -5.53. The van der Waals surface area contributed by atoms with Gasteiger partial charge in [0.1, 0.15) is 18.0 Å². The van der Waals surface area contributed by atoms with Crippen molar-refractivity contribution in [3.8, 4) is 11.5 Å². The number of carbonyl (C=O) groups is 2. The van der Waals surface area contributed by atoms with Crippen molar-refractivity contribution in [3.05, 3.63) is 148 Å². The highest BCUT2D eigenvalue weighted by Crippen LogP contribution is 2.53. The highest BCUT2D eigenvalue weighted by molar-refractivity contribution is 8.03. The number of fused-ring (bicyclic) bond motifs is 6. The fourth-order valence-electron chi connectivity index (χ4n) is 11.0. The number of allylic oxidation sites excluding steroid dienone is 7. The number of methoxy groups -OCH3 is 3. The van der Waals surface area contributed by atoms with Crippen LogP contribution in [0.2, 0.25) is 0 Å². The molecule has 0 bridgehead atoms. The van der Waals surface area contributed by atoms with E-state index in [-0.39, 0.29) is 52.6 Å². The number of thioether (sulfide) groups is 1. The Morgan fingerprint density at radius 2 is 1.51 bits per heavy atom. The lowest BCUT2D eigenvalue weighted by Gasteiger charge is -2.37. The van der Waals surface area contributed by atoms with Gasteiger partial charge in [-0.05, 0) is 178 Å². The van der Waals surface area contributed by atoms with Crippen LogP contribution in [0.1, 0.15) is 89.7 Å². The molecule has 0 saturated carbocycles. The largest absolute Gasteiger partial charge is 1.00 e. The number of aliphatic imine (C=N–C) groups is 1. The van der Waals surface area contributed by atoms with Crippen LogP contribution in [0.3, 0.4) is 0 Å². The Morgan fingerprint density at radius 1 is 0.859 bits per heavy atom. The van der Waals surface area contributed by atoms with Crippen molar-refractivity contribution in [2.45, 2.75) is 84.0 Å².